The minimum Gasteiger partial charge on any atom is -0.330 e. The summed E-state index contributed by atoms with van der Waals surface area (Å²) in [6.07, 6.45) is 3.96. The Balaban J connectivity index is 2.30. The third kappa shape index (κ3) is 2.44. The Morgan fingerprint density at radius 3 is 2.67 bits per heavy atom. The van der Waals surface area contributed by atoms with E-state index in [9.17, 15) is 0 Å². The molecular formula is C9H20N2O. The molecule has 3 nitrogen and oxygen atoms in total. The van der Waals surface area contributed by atoms with E-state index in [4.69, 9.17) is 10.6 Å². The Hall–Kier alpha value is -0.120. The lowest BCUT2D eigenvalue weighted by molar-refractivity contribution is -0.120. The molecule has 1 aliphatic rings. The Morgan fingerprint density at radius 2 is 2.08 bits per heavy atom. The summed E-state index contributed by atoms with van der Waals surface area (Å²) in [6.45, 7) is 1.86. The molecule has 2 unspecified atom stereocenters. The van der Waals surface area contributed by atoms with Gasteiger partial charge in [-0.05, 0) is 31.2 Å². The summed E-state index contributed by atoms with van der Waals surface area (Å²) in [5, 5.41) is 1.90. The second-order valence-electron chi connectivity index (χ2n) is 3.68. The standard InChI is InChI=1S/C9H20N2O/c1-11(12-2)7-9-5-3-4-8(9)6-10/h8-9H,3-7,10H2,1-2H3. The van der Waals surface area contributed by atoms with Crippen LogP contribution >= 0.6 is 0 Å². The minimum atomic E-state index is 0.725. The molecule has 0 aromatic carbocycles. The van der Waals surface area contributed by atoms with Crippen LogP contribution in [0.4, 0.5) is 0 Å². The quantitative estimate of drug-likeness (QED) is 0.639. The van der Waals surface area contributed by atoms with Crippen molar-refractivity contribution in [1.29, 1.82) is 0 Å². The van der Waals surface area contributed by atoms with Gasteiger partial charge in [0.1, 0.15) is 0 Å². The summed E-state index contributed by atoms with van der Waals surface area (Å²) in [5.41, 5.74) is 5.68. The zero-order valence-corrected chi connectivity index (χ0v) is 8.12. The Morgan fingerprint density at radius 1 is 1.42 bits per heavy atom. The third-order valence-electron chi connectivity index (χ3n) is 2.92. The molecule has 72 valence electrons. The summed E-state index contributed by atoms with van der Waals surface area (Å²) >= 11 is 0. The van der Waals surface area contributed by atoms with Gasteiger partial charge in [-0.1, -0.05) is 6.42 Å². The van der Waals surface area contributed by atoms with Crippen LogP contribution in [0.2, 0.25) is 0 Å². The maximum absolute atomic E-state index is 5.68. The summed E-state index contributed by atoms with van der Waals surface area (Å²) in [5.74, 6) is 1.47. The fraction of sp³-hybridized carbons (Fsp3) is 1.00. The van der Waals surface area contributed by atoms with Gasteiger partial charge in [-0.15, -0.1) is 0 Å². The van der Waals surface area contributed by atoms with Gasteiger partial charge in [-0.2, -0.15) is 5.06 Å². The second-order valence-corrected chi connectivity index (χ2v) is 3.68. The van der Waals surface area contributed by atoms with Crippen molar-refractivity contribution in [2.24, 2.45) is 17.6 Å². The van der Waals surface area contributed by atoms with E-state index in [1.807, 2.05) is 12.1 Å². The molecule has 0 aliphatic heterocycles. The average molecular weight is 172 g/mol. The molecule has 0 amide bonds. The molecule has 0 heterocycles. The Bertz CT molecular complexity index is 130. The number of nitrogens with two attached hydrogens (primary N) is 1. The van der Waals surface area contributed by atoms with Crippen molar-refractivity contribution >= 4 is 0 Å². The van der Waals surface area contributed by atoms with Crippen molar-refractivity contribution in [2.45, 2.75) is 19.3 Å². The molecule has 1 rings (SSSR count). The molecule has 0 saturated heterocycles. The first kappa shape index (κ1) is 9.96. The van der Waals surface area contributed by atoms with Gasteiger partial charge in [0.05, 0.1) is 7.11 Å². The number of rotatable bonds is 4. The SMILES string of the molecule is CON(C)CC1CCCC1CN. The van der Waals surface area contributed by atoms with Crippen LogP contribution in [0, 0.1) is 11.8 Å². The molecule has 2 N–H and O–H groups in total. The molecule has 1 fully saturated rings. The van der Waals surface area contributed by atoms with Crippen LogP contribution in [0.1, 0.15) is 19.3 Å². The molecule has 12 heavy (non-hydrogen) atoms. The smallest absolute Gasteiger partial charge is 0.0575 e. The van der Waals surface area contributed by atoms with Gasteiger partial charge < -0.3 is 10.6 Å². The highest BCUT2D eigenvalue weighted by Gasteiger charge is 2.26. The Kier molecular flexibility index (Phi) is 3.98. The van der Waals surface area contributed by atoms with Crippen LogP contribution in [0.15, 0.2) is 0 Å². The van der Waals surface area contributed by atoms with Crippen molar-refractivity contribution < 1.29 is 4.84 Å². The molecule has 3 heteroatoms. The highest BCUT2D eigenvalue weighted by Crippen LogP contribution is 2.31. The number of hydrogen-bond donors (Lipinski definition) is 1. The lowest BCUT2D eigenvalue weighted by Crippen LogP contribution is -2.29. The highest BCUT2D eigenvalue weighted by molar-refractivity contribution is 4.78. The first-order valence-electron chi connectivity index (χ1n) is 4.73. The van der Waals surface area contributed by atoms with E-state index >= 15 is 0 Å². The maximum Gasteiger partial charge on any atom is 0.0575 e. The summed E-state index contributed by atoms with van der Waals surface area (Å²) in [6, 6.07) is 0. The monoisotopic (exact) mass is 172 g/mol. The van der Waals surface area contributed by atoms with Crippen LogP contribution in [0.5, 0.6) is 0 Å². The van der Waals surface area contributed by atoms with Crippen molar-refractivity contribution in [3.8, 4) is 0 Å². The highest BCUT2D eigenvalue weighted by atomic mass is 16.7. The van der Waals surface area contributed by atoms with E-state index in [1.54, 1.807) is 7.11 Å². The van der Waals surface area contributed by atoms with Crippen LogP contribution in [-0.2, 0) is 4.84 Å². The normalized spacial score (nSPS) is 30.0. The van der Waals surface area contributed by atoms with Crippen molar-refractivity contribution in [1.82, 2.24) is 5.06 Å². The fourth-order valence-corrected chi connectivity index (χ4v) is 2.07. The van der Waals surface area contributed by atoms with Gasteiger partial charge in [0.25, 0.3) is 0 Å². The number of nitrogens with zero attached hydrogens (tertiary/aromatic N) is 1. The predicted molar refractivity (Wildman–Crippen MR) is 49.5 cm³/mol. The number of hydroxylamine groups is 2. The molecule has 0 radical (unpaired) electrons. The lowest BCUT2D eigenvalue weighted by Gasteiger charge is -2.22. The van der Waals surface area contributed by atoms with E-state index in [1.165, 1.54) is 19.3 Å². The first-order chi connectivity index (χ1) is 5.77. The summed E-state index contributed by atoms with van der Waals surface area (Å²) in [7, 11) is 3.69. The van der Waals surface area contributed by atoms with Gasteiger partial charge in [0, 0.05) is 13.6 Å². The van der Waals surface area contributed by atoms with E-state index in [2.05, 4.69) is 0 Å². The van der Waals surface area contributed by atoms with Gasteiger partial charge >= 0.3 is 0 Å². The van der Waals surface area contributed by atoms with E-state index < -0.39 is 0 Å². The molecule has 1 aliphatic carbocycles. The topological polar surface area (TPSA) is 38.5 Å². The molecule has 0 aromatic rings. The molecule has 0 bridgehead atoms. The van der Waals surface area contributed by atoms with Crippen molar-refractivity contribution in [3.63, 3.8) is 0 Å². The zero-order chi connectivity index (χ0) is 8.97. The predicted octanol–water partition coefficient (Wildman–Crippen LogP) is 0.855. The fourth-order valence-electron chi connectivity index (χ4n) is 2.07. The zero-order valence-electron chi connectivity index (χ0n) is 8.12. The number of hydrogen-bond acceptors (Lipinski definition) is 3. The Labute approximate surface area is 74.8 Å². The third-order valence-corrected chi connectivity index (χ3v) is 2.92. The largest absolute Gasteiger partial charge is 0.330 e. The molecule has 0 spiro atoms. The van der Waals surface area contributed by atoms with E-state index in [-0.39, 0.29) is 0 Å². The van der Waals surface area contributed by atoms with Crippen LogP contribution in [0.3, 0.4) is 0 Å². The van der Waals surface area contributed by atoms with E-state index in [0.717, 1.165) is 24.9 Å². The molecular weight excluding hydrogens is 152 g/mol. The van der Waals surface area contributed by atoms with Gasteiger partial charge in [0.2, 0.25) is 0 Å². The van der Waals surface area contributed by atoms with Crippen molar-refractivity contribution in [2.75, 3.05) is 27.2 Å². The maximum atomic E-state index is 5.68. The molecule has 1 saturated carbocycles. The summed E-state index contributed by atoms with van der Waals surface area (Å²) in [4.78, 5) is 5.10. The van der Waals surface area contributed by atoms with Gasteiger partial charge in [0.15, 0.2) is 0 Å². The van der Waals surface area contributed by atoms with E-state index in [0.29, 0.717) is 0 Å². The minimum absolute atomic E-state index is 0.725. The molecule has 2 atom stereocenters. The second kappa shape index (κ2) is 4.80. The van der Waals surface area contributed by atoms with Gasteiger partial charge in [-0.25, -0.2) is 0 Å². The lowest BCUT2D eigenvalue weighted by atomic mass is 9.96. The van der Waals surface area contributed by atoms with Crippen LogP contribution in [0.25, 0.3) is 0 Å². The van der Waals surface area contributed by atoms with Crippen LogP contribution in [-0.4, -0.2) is 32.3 Å². The average Bonchev–Trinajstić information content (AvgIpc) is 2.51. The molecule has 0 aromatic heterocycles. The van der Waals surface area contributed by atoms with Gasteiger partial charge in [-0.3, -0.25) is 0 Å². The first-order valence-corrected chi connectivity index (χ1v) is 4.73. The van der Waals surface area contributed by atoms with Crippen molar-refractivity contribution in [3.05, 3.63) is 0 Å². The van der Waals surface area contributed by atoms with Crippen LogP contribution < -0.4 is 5.73 Å². The summed E-state index contributed by atoms with van der Waals surface area (Å²) < 4.78 is 0.